The summed E-state index contributed by atoms with van der Waals surface area (Å²) in [5.74, 6) is -0.217. The van der Waals surface area contributed by atoms with Crippen molar-refractivity contribution in [1.82, 2.24) is 4.98 Å². The molecular weight excluding hydrogens is 217 g/mol. The summed E-state index contributed by atoms with van der Waals surface area (Å²) < 4.78 is 13.6. The van der Waals surface area contributed by atoms with Crippen molar-refractivity contribution in [1.29, 1.82) is 0 Å². The maximum Gasteiger partial charge on any atom is 0.149 e. The first-order valence-electron chi connectivity index (χ1n) is 5.74. The smallest absolute Gasteiger partial charge is 0.149 e. The molecule has 2 rings (SSSR count). The minimum Gasteiger partial charge on any atom is -0.506 e. The zero-order valence-corrected chi connectivity index (χ0v) is 10.3. The van der Waals surface area contributed by atoms with Crippen molar-refractivity contribution >= 4 is 10.9 Å². The van der Waals surface area contributed by atoms with E-state index in [1.54, 1.807) is 18.2 Å². The van der Waals surface area contributed by atoms with Crippen LogP contribution in [0.4, 0.5) is 4.39 Å². The molecule has 90 valence electrons. The van der Waals surface area contributed by atoms with Crippen LogP contribution in [0.3, 0.4) is 0 Å². The average molecular weight is 233 g/mol. The van der Waals surface area contributed by atoms with Crippen molar-refractivity contribution in [2.75, 3.05) is 0 Å². The van der Waals surface area contributed by atoms with E-state index >= 15 is 0 Å². The van der Waals surface area contributed by atoms with Crippen LogP contribution < -0.4 is 0 Å². The van der Waals surface area contributed by atoms with Crippen molar-refractivity contribution in [3.63, 3.8) is 0 Å². The number of para-hydroxylation sites is 1. The molecule has 0 radical (unpaired) electrons. The zero-order chi connectivity index (χ0) is 12.6. The molecular formula is C14H16FNO. The van der Waals surface area contributed by atoms with Gasteiger partial charge in [0.1, 0.15) is 17.1 Å². The highest BCUT2D eigenvalue weighted by atomic mass is 19.1. The SMILES string of the molecule is CCC(C)(C)c1nc2c(F)cccc2cc1O. The third-order valence-corrected chi connectivity index (χ3v) is 3.30. The molecule has 2 nitrogen and oxygen atoms in total. The van der Waals surface area contributed by atoms with E-state index in [1.165, 1.54) is 6.07 Å². The van der Waals surface area contributed by atoms with Gasteiger partial charge in [-0.05, 0) is 18.6 Å². The number of fused-ring (bicyclic) bond motifs is 1. The van der Waals surface area contributed by atoms with Crippen LogP contribution in [-0.4, -0.2) is 10.1 Å². The lowest BCUT2D eigenvalue weighted by Gasteiger charge is -2.23. The van der Waals surface area contributed by atoms with Gasteiger partial charge in [-0.25, -0.2) is 9.37 Å². The first-order chi connectivity index (χ1) is 7.95. The van der Waals surface area contributed by atoms with Crippen molar-refractivity contribution in [2.24, 2.45) is 0 Å². The Hall–Kier alpha value is -1.64. The van der Waals surface area contributed by atoms with Gasteiger partial charge < -0.3 is 5.11 Å². The summed E-state index contributed by atoms with van der Waals surface area (Å²) >= 11 is 0. The standard InChI is InChI=1S/C14H16FNO/c1-4-14(2,3)13-11(17)8-9-6-5-7-10(15)12(9)16-13/h5-8,17H,4H2,1-3H3. The van der Waals surface area contributed by atoms with Crippen LogP contribution in [0.5, 0.6) is 5.75 Å². The summed E-state index contributed by atoms with van der Waals surface area (Å²) in [6.45, 7) is 6.00. The van der Waals surface area contributed by atoms with Crippen molar-refractivity contribution in [3.05, 3.63) is 35.8 Å². The molecule has 2 aromatic rings. The monoisotopic (exact) mass is 233 g/mol. The summed E-state index contributed by atoms with van der Waals surface area (Å²) in [6.07, 6.45) is 0.827. The number of halogens is 1. The number of rotatable bonds is 2. The topological polar surface area (TPSA) is 33.1 Å². The second-order valence-electron chi connectivity index (χ2n) is 4.91. The van der Waals surface area contributed by atoms with Crippen molar-refractivity contribution < 1.29 is 9.50 Å². The number of nitrogens with zero attached hydrogens (tertiary/aromatic N) is 1. The average Bonchev–Trinajstić information content (AvgIpc) is 2.28. The number of aromatic hydroxyl groups is 1. The highest BCUT2D eigenvalue weighted by Crippen LogP contribution is 2.34. The molecule has 0 spiro atoms. The van der Waals surface area contributed by atoms with Gasteiger partial charge in [0.15, 0.2) is 0 Å². The Balaban J connectivity index is 2.74. The largest absolute Gasteiger partial charge is 0.506 e. The lowest BCUT2D eigenvalue weighted by atomic mass is 9.85. The second kappa shape index (κ2) is 3.99. The summed E-state index contributed by atoms with van der Waals surface area (Å²) in [6, 6.07) is 6.32. The van der Waals surface area contributed by atoms with Crippen molar-refractivity contribution in [2.45, 2.75) is 32.6 Å². The fraction of sp³-hybridized carbons (Fsp3) is 0.357. The maximum absolute atomic E-state index is 13.6. The third-order valence-electron chi connectivity index (χ3n) is 3.30. The Kier molecular flexibility index (Phi) is 2.77. The van der Waals surface area contributed by atoms with Crippen LogP contribution in [-0.2, 0) is 5.41 Å². The number of aromatic nitrogens is 1. The number of pyridine rings is 1. The molecule has 0 aliphatic rings. The van der Waals surface area contributed by atoms with Gasteiger partial charge in [-0.3, -0.25) is 0 Å². The highest BCUT2D eigenvalue weighted by molar-refractivity contribution is 5.81. The van der Waals surface area contributed by atoms with Crippen LogP contribution in [0.1, 0.15) is 32.9 Å². The quantitative estimate of drug-likeness (QED) is 0.856. The van der Waals surface area contributed by atoms with Gasteiger partial charge in [0.25, 0.3) is 0 Å². The van der Waals surface area contributed by atoms with Gasteiger partial charge in [-0.1, -0.05) is 32.9 Å². The molecule has 1 aromatic carbocycles. The number of hydrogen-bond donors (Lipinski definition) is 1. The molecule has 0 saturated heterocycles. The van der Waals surface area contributed by atoms with Crippen LogP contribution in [0.25, 0.3) is 10.9 Å². The van der Waals surface area contributed by atoms with Gasteiger partial charge in [0.05, 0.1) is 5.69 Å². The Labute approximate surface area is 100 Å². The summed E-state index contributed by atoms with van der Waals surface area (Å²) in [7, 11) is 0. The summed E-state index contributed by atoms with van der Waals surface area (Å²) in [4.78, 5) is 4.29. The first-order valence-corrected chi connectivity index (χ1v) is 5.74. The van der Waals surface area contributed by atoms with Crippen LogP contribution >= 0.6 is 0 Å². The van der Waals surface area contributed by atoms with E-state index in [9.17, 15) is 9.50 Å². The molecule has 0 amide bonds. The van der Waals surface area contributed by atoms with Crippen molar-refractivity contribution in [3.8, 4) is 5.75 Å². The Morgan fingerprint density at radius 2 is 2.06 bits per heavy atom. The molecule has 1 N–H and O–H groups in total. The molecule has 0 aliphatic carbocycles. The van der Waals surface area contributed by atoms with Gasteiger partial charge in [0.2, 0.25) is 0 Å². The molecule has 0 aliphatic heterocycles. The Morgan fingerprint density at radius 1 is 1.35 bits per heavy atom. The predicted octanol–water partition coefficient (Wildman–Crippen LogP) is 3.77. The number of hydrogen-bond acceptors (Lipinski definition) is 2. The van der Waals surface area contributed by atoms with Gasteiger partial charge >= 0.3 is 0 Å². The molecule has 1 heterocycles. The van der Waals surface area contributed by atoms with Gasteiger partial charge in [0, 0.05) is 10.8 Å². The van der Waals surface area contributed by atoms with E-state index in [0.29, 0.717) is 16.6 Å². The van der Waals surface area contributed by atoms with Gasteiger partial charge in [-0.15, -0.1) is 0 Å². The highest BCUT2D eigenvalue weighted by Gasteiger charge is 2.24. The molecule has 3 heteroatoms. The fourth-order valence-electron chi connectivity index (χ4n) is 1.82. The predicted molar refractivity (Wildman–Crippen MR) is 66.7 cm³/mol. The van der Waals surface area contributed by atoms with Gasteiger partial charge in [-0.2, -0.15) is 0 Å². The van der Waals surface area contributed by atoms with E-state index in [-0.39, 0.29) is 17.0 Å². The number of benzene rings is 1. The zero-order valence-electron chi connectivity index (χ0n) is 10.3. The van der Waals surface area contributed by atoms with Crippen LogP contribution in [0.2, 0.25) is 0 Å². The minimum absolute atomic E-state index is 0.134. The van der Waals surface area contributed by atoms with E-state index in [4.69, 9.17) is 0 Å². The molecule has 17 heavy (non-hydrogen) atoms. The fourth-order valence-corrected chi connectivity index (χ4v) is 1.82. The van der Waals surface area contributed by atoms with E-state index in [0.717, 1.165) is 6.42 Å². The maximum atomic E-state index is 13.6. The van der Waals surface area contributed by atoms with E-state index < -0.39 is 0 Å². The van der Waals surface area contributed by atoms with Crippen LogP contribution in [0, 0.1) is 5.82 Å². The minimum atomic E-state index is -0.351. The third kappa shape index (κ3) is 1.97. The molecule has 1 aromatic heterocycles. The summed E-state index contributed by atoms with van der Waals surface area (Å²) in [5.41, 5.74) is 0.611. The molecule has 0 bridgehead atoms. The van der Waals surface area contributed by atoms with Crippen LogP contribution in [0.15, 0.2) is 24.3 Å². The normalized spacial score (nSPS) is 12.0. The Bertz CT molecular complexity index is 563. The lowest BCUT2D eigenvalue weighted by Crippen LogP contribution is -2.17. The molecule has 0 fully saturated rings. The van der Waals surface area contributed by atoms with E-state index in [2.05, 4.69) is 4.98 Å². The second-order valence-corrected chi connectivity index (χ2v) is 4.91. The van der Waals surface area contributed by atoms with E-state index in [1.807, 2.05) is 20.8 Å². The lowest BCUT2D eigenvalue weighted by molar-refractivity contribution is 0.419. The first kappa shape index (κ1) is 11.8. The molecule has 0 atom stereocenters. The molecule has 0 saturated carbocycles. The summed E-state index contributed by atoms with van der Waals surface area (Å²) in [5, 5.41) is 10.6. The molecule has 0 unspecified atom stereocenters. The Morgan fingerprint density at radius 3 is 2.71 bits per heavy atom.